The average molecular weight is 202 g/mol. The monoisotopic (exact) mass is 202 g/mol. The summed E-state index contributed by atoms with van der Waals surface area (Å²) >= 11 is 0. The van der Waals surface area contributed by atoms with E-state index in [4.69, 9.17) is 0 Å². The summed E-state index contributed by atoms with van der Waals surface area (Å²) in [6, 6.07) is 4.05. The lowest BCUT2D eigenvalue weighted by Gasteiger charge is -2.36. The second kappa shape index (κ2) is 3.31. The van der Waals surface area contributed by atoms with Gasteiger partial charge in [-0.1, -0.05) is 0 Å². The second-order valence-corrected chi connectivity index (χ2v) is 4.33. The number of hydrogen-bond donors (Lipinski definition) is 0. The lowest BCUT2D eigenvalue weighted by atomic mass is 10.0. The zero-order valence-corrected chi connectivity index (χ0v) is 8.80. The summed E-state index contributed by atoms with van der Waals surface area (Å²) < 4.78 is 2.21. The number of likely N-dealkylation sites (tertiary alicyclic amines) is 1. The van der Waals surface area contributed by atoms with Crippen molar-refractivity contribution >= 4 is 11.2 Å². The van der Waals surface area contributed by atoms with Crippen LogP contribution in [0.1, 0.15) is 0 Å². The van der Waals surface area contributed by atoms with Gasteiger partial charge in [0.15, 0.2) is 5.65 Å². The minimum atomic E-state index is 0.771. The molecular weight excluding hydrogens is 188 g/mol. The average Bonchev–Trinajstić information content (AvgIpc) is 2.60. The summed E-state index contributed by atoms with van der Waals surface area (Å²) in [6.07, 6.45) is 3.69. The predicted molar refractivity (Wildman–Crippen MR) is 58.5 cm³/mol. The van der Waals surface area contributed by atoms with E-state index >= 15 is 0 Å². The molecule has 2 aromatic rings. The highest BCUT2D eigenvalue weighted by atomic mass is 15.2. The molecule has 3 rings (SSSR count). The Morgan fingerprint density at radius 3 is 3.07 bits per heavy atom. The topological polar surface area (TPSA) is 34.0 Å². The Kier molecular flexibility index (Phi) is 1.95. The normalized spacial score (nSPS) is 18.2. The van der Waals surface area contributed by atoms with Crippen molar-refractivity contribution in [2.75, 3.05) is 20.1 Å². The van der Waals surface area contributed by atoms with Gasteiger partial charge >= 0.3 is 0 Å². The highest BCUT2D eigenvalue weighted by Crippen LogP contribution is 2.18. The molecule has 78 valence electrons. The molecule has 4 heteroatoms. The second-order valence-electron chi connectivity index (χ2n) is 4.33. The van der Waals surface area contributed by atoms with Crippen molar-refractivity contribution in [1.82, 2.24) is 19.4 Å². The third-order valence-electron chi connectivity index (χ3n) is 2.99. The number of rotatable bonds is 2. The van der Waals surface area contributed by atoms with Gasteiger partial charge < -0.3 is 9.47 Å². The van der Waals surface area contributed by atoms with Crippen LogP contribution in [0.4, 0.5) is 0 Å². The minimum Gasteiger partial charge on any atom is -0.329 e. The molecule has 4 nitrogen and oxygen atoms in total. The number of imidazole rings is 1. The molecule has 0 unspecified atom stereocenters. The first kappa shape index (κ1) is 8.85. The van der Waals surface area contributed by atoms with Gasteiger partial charge in [0.2, 0.25) is 0 Å². The van der Waals surface area contributed by atoms with Crippen LogP contribution < -0.4 is 0 Å². The molecule has 1 fully saturated rings. The predicted octanol–water partition coefficient (Wildman–Crippen LogP) is 0.993. The third-order valence-corrected chi connectivity index (χ3v) is 2.99. The summed E-state index contributed by atoms with van der Waals surface area (Å²) in [5.74, 6) is 0.771. The third kappa shape index (κ3) is 1.51. The Hall–Kier alpha value is -1.42. The van der Waals surface area contributed by atoms with Crippen LogP contribution in [0.5, 0.6) is 0 Å². The lowest BCUT2D eigenvalue weighted by molar-refractivity contribution is 0.120. The number of aromatic nitrogens is 3. The fraction of sp³-hybridized carbons (Fsp3) is 0.455. The van der Waals surface area contributed by atoms with E-state index in [2.05, 4.69) is 32.5 Å². The van der Waals surface area contributed by atoms with Gasteiger partial charge in [-0.25, -0.2) is 9.97 Å². The molecule has 0 radical (unpaired) electrons. The van der Waals surface area contributed by atoms with Gasteiger partial charge in [-0.05, 0) is 19.2 Å². The molecular formula is C11H14N4. The van der Waals surface area contributed by atoms with Gasteiger partial charge in [0, 0.05) is 31.7 Å². The van der Waals surface area contributed by atoms with Crippen LogP contribution in [0.25, 0.3) is 11.2 Å². The van der Waals surface area contributed by atoms with Crippen molar-refractivity contribution < 1.29 is 0 Å². The lowest BCUT2D eigenvalue weighted by Crippen LogP contribution is -2.45. The Labute approximate surface area is 88.6 Å². The van der Waals surface area contributed by atoms with Gasteiger partial charge in [0.05, 0.1) is 11.8 Å². The molecule has 0 aliphatic carbocycles. The van der Waals surface area contributed by atoms with Gasteiger partial charge in [0.1, 0.15) is 0 Å². The molecule has 0 bridgehead atoms. The van der Waals surface area contributed by atoms with Crippen LogP contribution in [-0.2, 0) is 6.54 Å². The zero-order valence-electron chi connectivity index (χ0n) is 8.80. The van der Waals surface area contributed by atoms with Crippen molar-refractivity contribution in [2.45, 2.75) is 6.54 Å². The van der Waals surface area contributed by atoms with Crippen LogP contribution in [0.3, 0.4) is 0 Å². The number of nitrogens with zero attached hydrogens (tertiary/aromatic N) is 4. The fourth-order valence-electron chi connectivity index (χ4n) is 2.27. The van der Waals surface area contributed by atoms with E-state index in [9.17, 15) is 0 Å². The maximum Gasteiger partial charge on any atom is 0.177 e. The largest absolute Gasteiger partial charge is 0.329 e. The van der Waals surface area contributed by atoms with E-state index in [0.717, 1.165) is 23.6 Å². The Morgan fingerprint density at radius 1 is 1.40 bits per heavy atom. The first-order valence-electron chi connectivity index (χ1n) is 5.27. The van der Waals surface area contributed by atoms with Gasteiger partial charge in [-0.3, -0.25) is 0 Å². The maximum absolute atomic E-state index is 4.29. The van der Waals surface area contributed by atoms with Crippen LogP contribution >= 0.6 is 0 Å². The molecule has 1 saturated heterocycles. The Bertz CT molecular complexity index is 470. The zero-order chi connectivity index (χ0) is 10.3. The van der Waals surface area contributed by atoms with Gasteiger partial charge in [0.25, 0.3) is 0 Å². The SMILES string of the molecule is CN1CC(Cn2cnc3ncccc32)C1. The first-order valence-corrected chi connectivity index (χ1v) is 5.27. The van der Waals surface area contributed by atoms with Crippen LogP contribution in [-0.4, -0.2) is 39.6 Å². The van der Waals surface area contributed by atoms with Crippen molar-refractivity contribution in [3.8, 4) is 0 Å². The molecule has 15 heavy (non-hydrogen) atoms. The van der Waals surface area contributed by atoms with Crippen molar-refractivity contribution in [1.29, 1.82) is 0 Å². The molecule has 0 spiro atoms. The molecule has 1 aliphatic heterocycles. The fourth-order valence-corrected chi connectivity index (χ4v) is 2.27. The minimum absolute atomic E-state index is 0.771. The quantitative estimate of drug-likeness (QED) is 0.728. The molecule has 0 amide bonds. The highest BCUT2D eigenvalue weighted by Gasteiger charge is 2.23. The molecule has 0 atom stereocenters. The summed E-state index contributed by atoms with van der Waals surface area (Å²) in [5, 5.41) is 0. The van der Waals surface area contributed by atoms with Crippen LogP contribution in [0.15, 0.2) is 24.7 Å². The van der Waals surface area contributed by atoms with E-state index in [0.29, 0.717) is 0 Å². The number of hydrogen-bond acceptors (Lipinski definition) is 3. The van der Waals surface area contributed by atoms with E-state index in [1.165, 1.54) is 13.1 Å². The smallest absolute Gasteiger partial charge is 0.177 e. The summed E-state index contributed by atoms with van der Waals surface area (Å²) in [7, 11) is 2.16. The summed E-state index contributed by atoms with van der Waals surface area (Å²) in [4.78, 5) is 10.8. The molecule has 0 aromatic carbocycles. The van der Waals surface area contributed by atoms with E-state index < -0.39 is 0 Å². The number of pyridine rings is 1. The van der Waals surface area contributed by atoms with Gasteiger partial charge in [-0.2, -0.15) is 0 Å². The number of fused-ring (bicyclic) bond motifs is 1. The van der Waals surface area contributed by atoms with Crippen LogP contribution in [0, 0.1) is 5.92 Å². The molecule has 0 saturated carbocycles. The van der Waals surface area contributed by atoms with Crippen molar-refractivity contribution in [3.63, 3.8) is 0 Å². The molecule has 1 aliphatic rings. The van der Waals surface area contributed by atoms with Crippen molar-refractivity contribution in [3.05, 3.63) is 24.7 Å². The summed E-state index contributed by atoms with van der Waals surface area (Å²) in [6.45, 7) is 3.45. The van der Waals surface area contributed by atoms with Crippen molar-refractivity contribution in [2.24, 2.45) is 5.92 Å². The highest BCUT2D eigenvalue weighted by molar-refractivity contribution is 5.70. The van der Waals surface area contributed by atoms with Crippen LogP contribution in [0.2, 0.25) is 0 Å². The Balaban J connectivity index is 1.85. The molecule has 2 aromatic heterocycles. The van der Waals surface area contributed by atoms with E-state index in [1.54, 1.807) is 6.20 Å². The maximum atomic E-state index is 4.29. The summed E-state index contributed by atoms with van der Waals surface area (Å²) in [5.41, 5.74) is 2.00. The first-order chi connectivity index (χ1) is 7.33. The standard InChI is InChI=1S/C11H14N4/c1-14-5-9(6-14)7-15-8-13-11-10(15)3-2-4-12-11/h2-4,8-9H,5-7H2,1H3. The molecule has 3 heterocycles. The van der Waals surface area contributed by atoms with E-state index in [1.807, 2.05) is 12.4 Å². The molecule has 0 N–H and O–H groups in total. The Morgan fingerprint density at radius 2 is 2.27 bits per heavy atom. The van der Waals surface area contributed by atoms with Gasteiger partial charge in [-0.15, -0.1) is 0 Å². The van der Waals surface area contributed by atoms with E-state index in [-0.39, 0.29) is 0 Å².